The molecule has 0 saturated carbocycles. The highest BCUT2D eigenvalue weighted by atomic mass is 32.2. The van der Waals surface area contributed by atoms with Crippen LogP contribution in [0.1, 0.15) is 36.5 Å². The first-order chi connectivity index (χ1) is 13.1. The summed E-state index contributed by atoms with van der Waals surface area (Å²) in [7, 11) is 0. The Labute approximate surface area is 164 Å². The maximum Gasteiger partial charge on any atom is 0.231 e. The van der Waals surface area contributed by atoms with Crippen molar-refractivity contribution in [1.29, 1.82) is 5.26 Å². The molecule has 0 radical (unpaired) electrons. The molecule has 27 heavy (non-hydrogen) atoms. The van der Waals surface area contributed by atoms with Crippen molar-refractivity contribution >= 4 is 34.1 Å². The van der Waals surface area contributed by atoms with Crippen LogP contribution in [0.25, 0.3) is 10.8 Å². The number of benzene rings is 3. The van der Waals surface area contributed by atoms with Gasteiger partial charge in [-0.15, -0.1) is 0 Å². The van der Waals surface area contributed by atoms with Gasteiger partial charge in [-0.05, 0) is 46.7 Å². The number of thioether (sulfide) groups is 1. The lowest BCUT2D eigenvalue weighted by Crippen LogP contribution is -2.20. The summed E-state index contributed by atoms with van der Waals surface area (Å²) in [5.41, 5.74) is 3.33. The number of hydrogen-bond acceptors (Lipinski definition) is 3. The zero-order chi connectivity index (χ0) is 19.2. The average molecular weight is 375 g/mol. The molecule has 0 aromatic heterocycles. The van der Waals surface area contributed by atoms with Gasteiger partial charge in [-0.2, -0.15) is 17.0 Å². The Bertz CT molecular complexity index is 1000. The SMILES string of the molecule is CCSCc1ccc(C#N)cc1NC(=O)C(C)c1cccc2ccccc12. The number of nitriles is 1. The predicted molar refractivity (Wildman–Crippen MR) is 114 cm³/mol. The van der Waals surface area contributed by atoms with E-state index in [1.165, 1.54) is 0 Å². The van der Waals surface area contributed by atoms with Crippen molar-refractivity contribution in [3.05, 3.63) is 77.4 Å². The minimum absolute atomic E-state index is 0.0656. The second-order valence-electron chi connectivity index (χ2n) is 6.40. The molecule has 1 atom stereocenters. The van der Waals surface area contributed by atoms with Gasteiger partial charge in [-0.3, -0.25) is 4.79 Å². The van der Waals surface area contributed by atoms with Gasteiger partial charge in [0.25, 0.3) is 0 Å². The van der Waals surface area contributed by atoms with E-state index in [0.29, 0.717) is 5.56 Å². The molecule has 3 rings (SSSR count). The first-order valence-electron chi connectivity index (χ1n) is 9.03. The van der Waals surface area contributed by atoms with E-state index in [0.717, 1.165) is 39.1 Å². The topological polar surface area (TPSA) is 52.9 Å². The molecule has 0 heterocycles. The molecule has 1 unspecified atom stereocenters. The lowest BCUT2D eigenvalue weighted by molar-refractivity contribution is -0.117. The van der Waals surface area contributed by atoms with Crippen LogP contribution < -0.4 is 5.32 Å². The van der Waals surface area contributed by atoms with Crippen LogP contribution in [-0.4, -0.2) is 11.7 Å². The van der Waals surface area contributed by atoms with E-state index < -0.39 is 0 Å². The molecule has 136 valence electrons. The average Bonchev–Trinajstić information content (AvgIpc) is 2.71. The van der Waals surface area contributed by atoms with E-state index in [2.05, 4.69) is 30.4 Å². The number of nitrogens with one attached hydrogen (secondary N) is 1. The second-order valence-corrected chi connectivity index (χ2v) is 7.67. The normalized spacial score (nSPS) is 11.7. The Morgan fingerprint density at radius 1 is 1.15 bits per heavy atom. The van der Waals surface area contributed by atoms with E-state index in [-0.39, 0.29) is 11.8 Å². The largest absolute Gasteiger partial charge is 0.325 e. The van der Waals surface area contributed by atoms with Crippen LogP contribution >= 0.6 is 11.8 Å². The number of rotatable bonds is 6. The minimum atomic E-state index is -0.298. The highest BCUT2D eigenvalue weighted by Gasteiger charge is 2.19. The lowest BCUT2D eigenvalue weighted by atomic mass is 9.94. The molecule has 0 bridgehead atoms. The van der Waals surface area contributed by atoms with E-state index in [1.807, 2.05) is 43.3 Å². The number of carbonyl (C=O) groups is 1. The van der Waals surface area contributed by atoms with Crippen LogP contribution in [0.4, 0.5) is 5.69 Å². The third-order valence-electron chi connectivity index (χ3n) is 4.64. The highest BCUT2D eigenvalue weighted by Crippen LogP contribution is 2.28. The van der Waals surface area contributed by atoms with Crippen molar-refractivity contribution in [2.75, 3.05) is 11.1 Å². The molecule has 1 N–H and O–H groups in total. The summed E-state index contributed by atoms with van der Waals surface area (Å²) in [6.45, 7) is 4.03. The van der Waals surface area contributed by atoms with Crippen molar-refractivity contribution in [2.24, 2.45) is 0 Å². The Morgan fingerprint density at radius 2 is 1.93 bits per heavy atom. The van der Waals surface area contributed by atoms with Crippen LogP contribution in [0.5, 0.6) is 0 Å². The molecular formula is C23H22N2OS. The molecule has 0 aliphatic heterocycles. The monoisotopic (exact) mass is 374 g/mol. The fraction of sp³-hybridized carbons (Fsp3) is 0.217. The standard InChI is InChI=1S/C23H22N2OS/c1-3-27-15-19-12-11-17(14-24)13-22(19)25-23(26)16(2)20-10-6-8-18-7-4-5-9-21(18)20/h4-13,16H,3,15H2,1-2H3,(H,25,26). The smallest absolute Gasteiger partial charge is 0.231 e. The molecule has 0 saturated heterocycles. The van der Waals surface area contributed by atoms with Crippen LogP contribution in [-0.2, 0) is 10.5 Å². The highest BCUT2D eigenvalue weighted by molar-refractivity contribution is 7.98. The number of amides is 1. The maximum absolute atomic E-state index is 13.0. The van der Waals surface area contributed by atoms with Crippen molar-refractivity contribution < 1.29 is 4.79 Å². The first-order valence-corrected chi connectivity index (χ1v) is 10.2. The summed E-state index contributed by atoms with van der Waals surface area (Å²) in [4.78, 5) is 13.0. The summed E-state index contributed by atoms with van der Waals surface area (Å²) >= 11 is 1.79. The van der Waals surface area contributed by atoms with Crippen LogP contribution in [0.3, 0.4) is 0 Å². The summed E-state index contributed by atoms with van der Waals surface area (Å²) in [5, 5.41) is 14.5. The minimum Gasteiger partial charge on any atom is -0.325 e. The summed E-state index contributed by atoms with van der Waals surface area (Å²) < 4.78 is 0. The molecule has 3 nitrogen and oxygen atoms in total. The third kappa shape index (κ3) is 4.32. The lowest BCUT2D eigenvalue weighted by Gasteiger charge is -2.17. The first kappa shape index (κ1) is 19.0. The van der Waals surface area contributed by atoms with E-state index in [4.69, 9.17) is 0 Å². The Balaban J connectivity index is 1.89. The van der Waals surface area contributed by atoms with Gasteiger partial charge in [0.1, 0.15) is 0 Å². The van der Waals surface area contributed by atoms with Gasteiger partial charge < -0.3 is 5.32 Å². The molecule has 1 amide bonds. The number of hydrogen-bond donors (Lipinski definition) is 1. The quantitative estimate of drug-likeness (QED) is 0.601. The molecule has 0 aliphatic carbocycles. The molecule has 0 fully saturated rings. The van der Waals surface area contributed by atoms with Crippen molar-refractivity contribution in [3.63, 3.8) is 0 Å². The summed E-state index contributed by atoms with van der Waals surface area (Å²) in [6.07, 6.45) is 0. The Kier molecular flexibility index (Phi) is 6.16. The number of anilines is 1. The van der Waals surface area contributed by atoms with Crippen molar-refractivity contribution in [1.82, 2.24) is 0 Å². The van der Waals surface area contributed by atoms with Crippen LogP contribution in [0.15, 0.2) is 60.7 Å². The van der Waals surface area contributed by atoms with Gasteiger partial charge >= 0.3 is 0 Å². The summed E-state index contributed by atoms with van der Waals surface area (Å²) in [6, 6.07) is 21.8. The fourth-order valence-corrected chi connectivity index (χ4v) is 3.79. The molecule has 3 aromatic carbocycles. The molecule has 4 heteroatoms. The zero-order valence-electron chi connectivity index (χ0n) is 15.5. The maximum atomic E-state index is 13.0. The van der Waals surface area contributed by atoms with E-state index in [1.54, 1.807) is 23.9 Å². The van der Waals surface area contributed by atoms with Gasteiger partial charge in [0.15, 0.2) is 0 Å². The third-order valence-corrected chi connectivity index (χ3v) is 5.57. The summed E-state index contributed by atoms with van der Waals surface area (Å²) in [5.74, 6) is 1.44. The number of nitrogens with zero attached hydrogens (tertiary/aromatic N) is 1. The second kappa shape index (κ2) is 8.75. The van der Waals surface area contributed by atoms with Gasteiger partial charge in [-0.1, -0.05) is 55.5 Å². The van der Waals surface area contributed by atoms with Crippen molar-refractivity contribution in [3.8, 4) is 6.07 Å². The van der Waals surface area contributed by atoms with Gasteiger partial charge in [0.05, 0.1) is 17.6 Å². The van der Waals surface area contributed by atoms with Crippen molar-refractivity contribution in [2.45, 2.75) is 25.5 Å². The fourth-order valence-electron chi connectivity index (χ4n) is 3.11. The molecule has 0 spiro atoms. The Hall–Kier alpha value is -2.77. The number of fused-ring (bicyclic) bond motifs is 1. The van der Waals surface area contributed by atoms with Crippen LogP contribution in [0.2, 0.25) is 0 Å². The van der Waals surface area contributed by atoms with E-state index >= 15 is 0 Å². The molecule has 3 aromatic rings. The van der Waals surface area contributed by atoms with Gasteiger partial charge in [0, 0.05) is 11.4 Å². The van der Waals surface area contributed by atoms with Crippen LogP contribution in [0, 0.1) is 11.3 Å². The predicted octanol–water partition coefficient (Wildman–Crippen LogP) is 5.71. The van der Waals surface area contributed by atoms with E-state index in [9.17, 15) is 10.1 Å². The molecule has 0 aliphatic rings. The van der Waals surface area contributed by atoms with Gasteiger partial charge in [0.2, 0.25) is 5.91 Å². The zero-order valence-corrected chi connectivity index (χ0v) is 16.3. The Morgan fingerprint density at radius 3 is 2.70 bits per heavy atom. The van der Waals surface area contributed by atoms with Gasteiger partial charge in [-0.25, -0.2) is 0 Å². The molecular weight excluding hydrogens is 352 g/mol. The number of carbonyl (C=O) groups excluding carboxylic acids is 1.